The van der Waals surface area contributed by atoms with E-state index in [1.807, 2.05) is 0 Å². The van der Waals surface area contributed by atoms with Gasteiger partial charge in [-0.1, -0.05) is 13.3 Å². The van der Waals surface area contributed by atoms with Gasteiger partial charge in [0.15, 0.2) is 0 Å². The van der Waals surface area contributed by atoms with Crippen molar-refractivity contribution in [3.05, 3.63) is 11.4 Å². The number of piperidine rings is 1. The Kier molecular flexibility index (Phi) is 5.40. The number of H-pyrrole nitrogens is 1. The molecule has 0 unspecified atom stereocenters. The largest absolute Gasteiger partial charge is 0.303 e. The fourth-order valence-electron chi connectivity index (χ4n) is 2.87. The lowest BCUT2D eigenvalue weighted by Gasteiger charge is -2.32. The van der Waals surface area contributed by atoms with Gasteiger partial charge >= 0.3 is 0 Å². The third kappa shape index (κ3) is 4.05. The summed E-state index contributed by atoms with van der Waals surface area (Å²) >= 11 is 0. The zero-order valence-corrected chi connectivity index (χ0v) is 14.0. The number of sulfonamides is 1. The minimum Gasteiger partial charge on any atom is -0.303 e. The van der Waals surface area contributed by atoms with Crippen LogP contribution in [0.25, 0.3) is 0 Å². The van der Waals surface area contributed by atoms with Gasteiger partial charge in [-0.2, -0.15) is 5.10 Å². The van der Waals surface area contributed by atoms with Crippen LogP contribution in [0.1, 0.15) is 44.0 Å². The van der Waals surface area contributed by atoms with Gasteiger partial charge in [0.25, 0.3) is 0 Å². The van der Waals surface area contributed by atoms with E-state index in [0.717, 1.165) is 32.5 Å². The van der Waals surface area contributed by atoms with E-state index in [9.17, 15) is 8.42 Å². The van der Waals surface area contributed by atoms with Crippen molar-refractivity contribution in [2.75, 3.05) is 19.6 Å². The Hall–Kier alpha value is -0.920. The van der Waals surface area contributed by atoms with Crippen LogP contribution in [0.5, 0.6) is 0 Å². The molecule has 6 nitrogen and oxygen atoms in total. The van der Waals surface area contributed by atoms with Gasteiger partial charge < -0.3 is 4.90 Å². The Labute approximate surface area is 127 Å². The van der Waals surface area contributed by atoms with E-state index in [2.05, 4.69) is 26.7 Å². The van der Waals surface area contributed by atoms with Gasteiger partial charge in [-0.15, -0.1) is 0 Å². The monoisotopic (exact) mass is 314 g/mol. The van der Waals surface area contributed by atoms with Crippen molar-refractivity contribution in [1.82, 2.24) is 19.8 Å². The van der Waals surface area contributed by atoms with Crippen molar-refractivity contribution < 1.29 is 8.42 Å². The second kappa shape index (κ2) is 6.89. The van der Waals surface area contributed by atoms with Crippen molar-refractivity contribution in [3.63, 3.8) is 0 Å². The van der Waals surface area contributed by atoms with Crippen molar-refractivity contribution in [3.8, 4) is 0 Å². The number of aryl methyl sites for hydroxylation is 2. The SMILES string of the molecule is CCCCN1CCC(NS(=O)(=O)c2c(C)n[nH]c2C)CC1. The first-order valence-electron chi connectivity index (χ1n) is 7.70. The van der Waals surface area contributed by atoms with E-state index in [4.69, 9.17) is 0 Å². The van der Waals surface area contributed by atoms with Gasteiger partial charge in [0, 0.05) is 6.04 Å². The third-order valence-corrected chi connectivity index (χ3v) is 5.85. The Morgan fingerprint density at radius 1 is 1.33 bits per heavy atom. The Balaban J connectivity index is 1.94. The van der Waals surface area contributed by atoms with Gasteiger partial charge in [0.05, 0.1) is 11.4 Å². The minimum atomic E-state index is -3.47. The lowest BCUT2D eigenvalue weighted by Crippen LogP contribution is -2.44. The molecule has 2 rings (SSSR count). The molecule has 21 heavy (non-hydrogen) atoms. The summed E-state index contributed by atoms with van der Waals surface area (Å²) in [5, 5.41) is 6.70. The molecule has 0 amide bonds. The number of aromatic nitrogens is 2. The molecule has 2 heterocycles. The maximum Gasteiger partial charge on any atom is 0.244 e. The summed E-state index contributed by atoms with van der Waals surface area (Å²) in [6.07, 6.45) is 4.16. The molecule has 1 fully saturated rings. The molecular weight excluding hydrogens is 288 g/mol. The Bertz CT molecular complexity index is 540. The lowest BCUT2D eigenvalue weighted by molar-refractivity contribution is 0.205. The van der Waals surface area contributed by atoms with Crippen LogP contribution in [0, 0.1) is 13.8 Å². The van der Waals surface area contributed by atoms with E-state index in [1.165, 1.54) is 12.8 Å². The molecule has 0 atom stereocenters. The number of hydrogen-bond donors (Lipinski definition) is 2. The maximum atomic E-state index is 12.5. The Morgan fingerprint density at radius 3 is 2.52 bits per heavy atom. The summed E-state index contributed by atoms with van der Waals surface area (Å²) < 4.78 is 27.8. The molecule has 2 N–H and O–H groups in total. The number of nitrogens with one attached hydrogen (secondary N) is 2. The van der Waals surface area contributed by atoms with Crippen LogP contribution >= 0.6 is 0 Å². The molecule has 120 valence electrons. The number of rotatable bonds is 6. The van der Waals surface area contributed by atoms with Gasteiger partial charge in [-0.05, 0) is 52.7 Å². The molecular formula is C14H26N4O2S. The van der Waals surface area contributed by atoms with Crippen molar-refractivity contribution in [2.45, 2.75) is 57.4 Å². The summed E-state index contributed by atoms with van der Waals surface area (Å²) in [6, 6.07) is 0.0292. The van der Waals surface area contributed by atoms with Crippen molar-refractivity contribution in [2.24, 2.45) is 0 Å². The van der Waals surface area contributed by atoms with Crippen LogP contribution in [0.2, 0.25) is 0 Å². The highest BCUT2D eigenvalue weighted by Gasteiger charge is 2.27. The average molecular weight is 314 g/mol. The molecule has 0 aliphatic carbocycles. The predicted octanol–water partition coefficient (Wildman–Crippen LogP) is 1.57. The topological polar surface area (TPSA) is 78.1 Å². The molecule has 0 spiro atoms. The van der Waals surface area contributed by atoms with Gasteiger partial charge in [-0.25, -0.2) is 13.1 Å². The average Bonchev–Trinajstić information content (AvgIpc) is 2.77. The number of hydrogen-bond acceptors (Lipinski definition) is 4. The van der Waals surface area contributed by atoms with E-state index in [1.54, 1.807) is 13.8 Å². The molecule has 1 aliphatic rings. The first kappa shape index (κ1) is 16.5. The second-order valence-electron chi connectivity index (χ2n) is 5.85. The summed E-state index contributed by atoms with van der Waals surface area (Å²) in [5.74, 6) is 0. The summed E-state index contributed by atoms with van der Waals surface area (Å²) in [6.45, 7) is 8.70. The smallest absolute Gasteiger partial charge is 0.244 e. The number of likely N-dealkylation sites (tertiary alicyclic amines) is 1. The van der Waals surface area contributed by atoms with Crippen LogP contribution in [0.15, 0.2) is 4.90 Å². The van der Waals surface area contributed by atoms with Crippen LogP contribution in [-0.2, 0) is 10.0 Å². The standard InChI is InChI=1S/C14H26N4O2S/c1-4-5-8-18-9-6-13(7-10-18)17-21(19,20)14-11(2)15-16-12(14)3/h13,17H,4-10H2,1-3H3,(H,15,16). The maximum absolute atomic E-state index is 12.5. The molecule has 7 heteroatoms. The first-order valence-corrected chi connectivity index (χ1v) is 9.18. The molecule has 0 radical (unpaired) electrons. The third-order valence-electron chi connectivity index (χ3n) is 4.07. The molecule has 0 saturated carbocycles. The quantitative estimate of drug-likeness (QED) is 0.835. The molecule has 1 aromatic heterocycles. The number of nitrogens with zero attached hydrogens (tertiary/aromatic N) is 2. The second-order valence-corrected chi connectivity index (χ2v) is 7.50. The first-order chi connectivity index (χ1) is 9.94. The van der Waals surface area contributed by atoms with Crippen LogP contribution < -0.4 is 4.72 Å². The van der Waals surface area contributed by atoms with Crippen molar-refractivity contribution in [1.29, 1.82) is 0 Å². The summed E-state index contributed by atoms with van der Waals surface area (Å²) in [5.41, 5.74) is 1.13. The molecule has 0 aromatic carbocycles. The normalized spacial score (nSPS) is 18.2. The molecule has 0 bridgehead atoms. The van der Waals surface area contributed by atoms with Gasteiger partial charge in [-0.3, -0.25) is 5.10 Å². The number of aromatic amines is 1. The van der Waals surface area contributed by atoms with Gasteiger partial charge in [0.2, 0.25) is 10.0 Å². The lowest BCUT2D eigenvalue weighted by atomic mass is 10.1. The highest BCUT2D eigenvalue weighted by Crippen LogP contribution is 2.19. The van der Waals surface area contributed by atoms with E-state index in [-0.39, 0.29) is 6.04 Å². The minimum absolute atomic E-state index is 0.0292. The van der Waals surface area contributed by atoms with Crippen LogP contribution in [0.3, 0.4) is 0 Å². The van der Waals surface area contributed by atoms with E-state index >= 15 is 0 Å². The highest BCUT2D eigenvalue weighted by molar-refractivity contribution is 7.89. The molecule has 1 saturated heterocycles. The van der Waals surface area contributed by atoms with Gasteiger partial charge in [0.1, 0.15) is 4.90 Å². The zero-order chi connectivity index (χ0) is 15.5. The molecule has 1 aromatic rings. The predicted molar refractivity (Wildman–Crippen MR) is 82.8 cm³/mol. The summed E-state index contributed by atoms with van der Waals surface area (Å²) in [7, 11) is -3.47. The fourth-order valence-corrected chi connectivity index (χ4v) is 4.55. The Morgan fingerprint density at radius 2 is 2.00 bits per heavy atom. The highest BCUT2D eigenvalue weighted by atomic mass is 32.2. The number of unbranched alkanes of at least 4 members (excludes halogenated alkanes) is 1. The van der Waals surface area contributed by atoms with Crippen LogP contribution in [-0.4, -0.2) is 49.2 Å². The van der Waals surface area contributed by atoms with E-state index < -0.39 is 10.0 Å². The summed E-state index contributed by atoms with van der Waals surface area (Å²) in [4.78, 5) is 2.72. The van der Waals surface area contributed by atoms with Crippen molar-refractivity contribution >= 4 is 10.0 Å². The fraction of sp³-hybridized carbons (Fsp3) is 0.786. The molecule has 1 aliphatic heterocycles. The zero-order valence-electron chi connectivity index (χ0n) is 13.1. The van der Waals surface area contributed by atoms with Crippen LogP contribution in [0.4, 0.5) is 0 Å². The van der Waals surface area contributed by atoms with E-state index in [0.29, 0.717) is 16.3 Å².